The van der Waals surface area contributed by atoms with Crippen LogP contribution in [0.5, 0.6) is 0 Å². The maximum atomic E-state index is 12.9. The minimum Gasteiger partial charge on any atom is -0.468 e. The summed E-state index contributed by atoms with van der Waals surface area (Å²) in [6.07, 6.45) is 2.07. The number of thioether (sulfide) groups is 1. The number of carbonyl (C=O) groups excluding carboxylic acids is 2. The Bertz CT molecular complexity index is 905. The van der Waals surface area contributed by atoms with Gasteiger partial charge in [0, 0.05) is 32.4 Å². The van der Waals surface area contributed by atoms with E-state index < -0.39 is 10.8 Å². The van der Waals surface area contributed by atoms with Crippen LogP contribution in [0.15, 0.2) is 52.0 Å². The van der Waals surface area contributed by atoms with Crippen molar-refractivity contribution >= 4 is 34.8 Å². The van der Waals surface area contributed by atoms with Gasteiger partial charge in [0.05, 0.1) is 27.4 Å². The van der Waals surface area contributed by atoms with E-state index in [0.717, 1.165) is 0 Å². The van der Waals surface area contributed by atoms with Crippen LogP contribution in [0, 0.1) is 10.1 Å². The molecule has 0 atom stereocenters. The Morgan fingerprint density at radius 3 is 2.54 bits per heavy atom. The number of hydrogen-bond donors (Lipinski definition) is 0. The van der Waals surface area contributed by atoms with Crippen LogP contribution in [-0.2, 0) is 20.1 Å². The first kappa shape index (κ1) is 19.8. The monoisotopic (exact) mass is 402 g/mol. The molecule has 2 heterocycles. The average Bonchev–Trinajstić information content (AvgIpc) is 3.28. The van der Waals surface area contributed by atoms with E-state index in [1.807, 2.05) is 0 Å². The van der Waals surface area contributed by atoms with Gasteiger partial charge in [-0.25, -0.2) is 0 Å². The third-order valence-electron chi connectivity index (χ3n) is 4.16. The number of non-ortho nitro benzene ring substituents is 1. The number of imide groups is 1. The Labute approximate surface area is 165 Å². The predicted molar refractivity (Wildman–Crippen MR) is 103 cm³/mol. The molecular weight excluding hydrogens is 384 g/mol. The summed E-state index contributed by atoms with van der Waals surface area (Å²) in [6.45, 7) is 0.672. The molecular formula is C19H18N2O6S. The molecule has 9 heteroatoms. The number of hydrogen-bond acceptors (Lipinski definition) is 7. The smallest absolute Gasteiger partial charge is 0.269 e. The lowest BCUT2D eigenvalue weighted by atomic mass is 10.1. The highest BCUT2D eigenvalue weighted by Crippen LogP contribution is 2.38. The first-order valence-corrected chi connectivity index (χ1v) is 9.51. The second kappa shape index (κ2) is 8.85. The highest BCUT2D eigenvalue weighted by molar-refractivity contribution is 8.03. The van der Waals surface area contributed by atoms with Gasteiger partial charge in [0.25, 0.3) is 17.5 Å². The van der Waals surface area contributed by atoms with Gasteiger partial charge in [0.2, 0.25) is 0 Å². The van der Waals surface area contributed by atoms with Crippen LogP contribution in [0.3, 0.4) is 0 Å². The number of amides is 2. The molecule has 146 valence electrons. The Morgan fingerprint density at radius 1 is 1.18 bits per heavy atom. The molecule has 2 aromatic rings. The van der Waals surface area contributed by atoms with E-state index in [9.17, 15) is 19.7 Å². The summed E-state index contributed by atoms with van der Waals surface area (Å²) in [5, 5.41) is 10.9. The summed E-state index contributed by atoms with van der Waals surface area (Å²) < 4.78 is 10.3. The van der Waals surface area contributed by atoms with Crippen molar-refractivity contribution in [2.75, 3.05) is 20.3 Å². The van der Waals surface area contributed by atoms with Gasteiger partial charge in [0.15, 0.2) is 0 Å². The predicted octanol–water partition coefficient (Wildman–Crippen LogP) is 3.24. The van der Waals surface area contributed by atoms with Crippen molar-refractivity contribution in [3.63, 3.8) is 0 Å². The molecule has 1 aromatic heterocycles. The van der Waals surface area contributed by atoms with E-state index in [1.165, 1.54) is 40.9 Å². The second-order valence-electron chi connectivity index (χ2n) is 5.98. The van der Waals surface area contributed by atoms with Crippen molar-refractivity contribution < 1.29 is 23.7 Å². The van der Waals surface area contributed by atoms with Gasteiger partial charge >= 0.3 is 0 Å². The van der Waals surface area contributed by atoms with Crippen LogP contribution in [0.1, 0.15) is 17.7 Å². The molecule has 1 aliphatic rings. The SMILES string of the molecule is COCCCN1C(=O)C(SCc2ccco2)=C(c2ccc([N+](=O)[O-])cc2)C1=O. The number of ether oxygens (including phenoxy) is 1. The first-order chi connectivity index (χ1) is 13.5. The molecule has 1 aliphatic heterocycles. The lowest BCUT2D eigenvalue weighted by Crippen LogP contribution is -2.33. The Hall–Kier alpha value is -2.91. The number of methoxy groups -OCH3 is 1. The first-order valence-electron chi connectivity index (χ1n) is 8.52. The van der Waals surface area contributed by atoms with E-state index in [2.05, 4.69) is 0 Å². The highest BCUT2D eigenvalue weighted by Gasteiger charge is 2.39. The lowest BCUT2D eigenvalue weighted by molar-refractivity contribution is -0.384. The van der Waals surface area contributed by atoms with Crippen molar-refractivity contribution in [2.45, 2.75) is 12.2 Å². The number of nitrogens with zero attached hydrogens (tertiary/aromatic N) is 2. The molecule has 0 fully saturated rings. The Kier molecular flexibility index (Phi) is 6.27. The van der Waals surface area contributed by atoms with Gasteiger partial charge in [-0.2, -0.15) is 0 Å². The van der Waals surface area contributed by atoms with Crippen LogP contribution >= 0.6 is 11.8 Å². The molecule has 1 aromatic carbocycles. The molecule has 0 bridgehead atoms. The molecule has 0 radical (unpaired) electrons. The van der Waals surface area contributed by atoms with Crippen molar-refractivity contribution in [1.29, 1.82) is 0 Å². The van der Waals surface area contributed by atoms with Crippen molar-refractivity contribution in [3.05, 3.63) is 69.0 Å². The standard InChI is InChI=1S/C19H18N2O6S/c1-26-10-3-9-20-18(22)16(13-5-7-14(8-6-13)21(24)25)17(19(20)23)28-12-15-4-2-11-27-15/h2,4-8,11H,3,9-10,12H2,1H3. The second-order valence-corrected chi connectivity index (χ2v) is 6.97. The lowest BCUT2D eigenvalue weighted by Gasteiger charge is -2.14. The zero-order valence-corrected chi connectivity index (χ0v) is 15.9. The quantitative estimate of drug-likeness (QED) is 0.274. The summed E-state index contributed by atoms with van der Waals surface area (Å²) in [4.78, 5) is 37.7. The van der Waals surface area contributed by atoms with E-state index in [-0.39, 0.29) is 23.7 Å². The van der Waals surface area contributed by atoms with Crippen LogP contribution in [0.4, 0.5) is 5.69 Å². The number of nitro benzene ring substituents is 1. The summed E-state index contributed by atoms with van der Waals surface area (Å²) in [5.74, 6) is 0.297. The van der Waals surface area contributed by atoms with Crippen molar-refractivity contribution in [3.8, 4) is 0 Å². The molecule has 3 rings (SSSR count). The van der Waals surface area contributed by atoms with Crippen LogP contribution in [-0.4, -0.2) is 41.9 Å². The third kappa shape index (κ3) is 4.15. The number of nitro groups is 1. The summed E-state index contributed by atoms with van der Waals surface area (Å²) in [6, 6.07) is 9.16. The van der Waals surface area contributed by atoms with Gasteiger partial charge < -0.3 is 9.15 Å². The van der Waals surface area contributed by atoms with Crippen LogP contribution in [0.2, 0.25) is 0 Å². The van der Waals surface area contributed by atoms with Crippen molar-refractivity contribution in [1.82, 2.24) is 4.90 Å². The Balaban J connectivity index is 1.91. The van der Waals surface area contributed by atoms with E-state index in [4.69, 9.17) is 9.15 Å². The number of carbonyl (C=O) groups is 2. The maximum Gasteiger partial charge on any atom is 0.269 e. The summed E-state index contributed by atoms with van der Waals surface area (Å²) >= 11 is 1.22. The average molecular weight is 402 g/mol. The number of benzene rings is 1. The molecule has 0 spiro atoms. The van der Waals surface area contributed by atoms with Gasteiger partial charge in [-0.05, 0) is 36.2 Å². The summed E-state index contributed by atoms with van der Waals surface area (Å²) in [7, 11) is 1.55. The normalized spacial score (nSPS) is 14.2. The molecule has 8 nitrogen and oxygen atoms in total. The largest absolute Gasteiger partial charge is 0.468 e. The minimum absolute atomic E-state index is 0.0807. The molecule has 0 N–H and O–H groups in total. The fourth-order valence-corrected chi connectivity index (χ4v) is 3.83. The fraction of sp³-hybridized carbons (Fsp3) is 0.263. The van der Waals surface area contributed by atoms with Crippen LogP contribution in [0.25, 0.3) is 5.57 Å². The van der Waals surface area contributed by atoms with Crippen LogP contribution < -0.4 is 0 Å². The highest BCUT2D eigenvalue weighted by atomic mass is 32.2. The molecule has 0 saturated carbocycles. The van der Waals surface area contributed by atoms with E-state index in [0.29, 0.717) is 35.0 Å². The minimum atomic E-state index is -0.511. The van der Waals surface area contributed by atoms with E-state index >= 15 is 0 Å². The molecule has 2 amide bonds. The number of rotatable bonds is 9. The third-order valence-corrected chi connectivity index (χ3v) is 5.26. The van der Waals surface area contributed by atoms with Gasteiger partial charge in [-0.15, -0.1) is 11.8 Å². The van der Waals surface area contributed by atoms with Crippen molar-refractivity contribution in [2.24, 2.45) is 0 Å². The molecule has 28 heavy (non-hydrogen) atoms. The fourth-order valence-electron chi connectivity index (χ4n) is 2.80. The van der Waals surface area contributed by atoms with E-state index in [1.54, 1.807) is 25.5 Å². The number of furan rings is 1. The molecule has 0 unspecified atom stereocenters. The molecule has 0 saturated heterocycles. The zero-order chi connectivity index (χ0) is 20.1. The topological polar surface area (TPSA) is 103 Å². The van der Waals surface area contributed by atoms with Gasteiger partial charge in [0.1, 0.15) is 5.76 Å². The zero-order valence-electron chi connectivity index (χ0n) is 15.1. The molecule has 0 aliphatic carbocycles. The maximum absolute atomic E-state index is 12.9. The summed E-state index contributed by atoms with van der Waals surface area (Å²) in [5.41, 5.74) is 0.650. The Morgan fingerprint density at radius 2 is 1.93 bits per heavy atom. The van der Waals surface area contributed by atoms with Gasteiger partial charge in [-0.1, -0.05) is 0 Å². The van der Waals surface area contributed by atoms with Gasteiger partial charge in [-0.3, -0.25) is 24.6 Å².